The predicted octanol–water partition coefficient (Wildman–Crippen LogP) is 4.75. The van der Waals surface area contributed by atoms with E-state index in [1.165, 1.54) is 5.56 Å². The van der Waals surface area contributed by atoms with Gasteiger partial charge < -0.3 is 4.74 Å². The summed E-state index contributed by atoms with van der Waals surface area (Å²) in [5.74, 6) is 0.816. The van der Waals surface area contributed by atoms with E-state index in [1.807, 2.05) is 60.7 Å². The lowest BCUT2D eigenvalue weighted by molar-refractivity contribution is 0.112. The van der Waals surface area contributed by atoms with E-state index in [9.17, 15) is 4.79 Å². The van der Waals surface area contributed by atoms with Gasteiger partial charge in [0.2, 0.25) is 0 Å². The number of ether oxygens (including phenoxy) is 1. The SMILES string of the molecule is O=Cc1cccc(COc2ccc(-c3ccccc3)cc2)c1. The third-order valence-corrected chi connectivity index (χ3v) is 3.45. The fourth-order valence-corrected chi connectivity index (χ4v) is 2.30. The van der Waals surface area contributed by atoms with Gasteiger partial charge in [0.1, 0.15) is 18.6 Å². The minimum atomic E-state index is 0.451. The third kappa shape index (κ3) is 3.41. The summed E-state index contributed by atoms with van der Waals surface area (Å²) in [5.41, 5.74) is 4.00. The number of benzene rings is 3. The Morgan fingerprint density at radius 1 is 0.773 bits per heavy atom. The Bertz CT molecular complexity index is 746. The van der Waals surface area contributed by atoms with Crippen molar-refractivity contribution in [2.75, 3.05) is 0 Å². The molecule has 3 aromatic rings. The van der Waals surface area contributed by atoms with Crippen LogP contribution in [0, 0.1) is 0 Å². The van der Waals surface area contributed by atoms with Gasteiger partial charge in [-0.1, -0.05) is 60.7 Å². The van der Waals surface area contributed by atoms with Crippen LogP contribution in [-0.4, -0.2) is 6.29 Å². The van der Waals surface area contributed by atoms with Gasteiger partial charge in [-0.3, -0.25) is 4.79 Å². The molecule has 2 nitrogen and oxygen atoms in total. The summed E-state index contributed by atoms with van der Waals surface area (Å²) in [6.45, 7) is 0.451. The monoisotopic (exact) mass is 288 g/mol. The highest BCUT2D eigenvalue weighted by Gasteiger charge is 2.00. The molecular weight excluding hydrogens is 272 g/mol. The molecule has 3 rings (SSSR count). The molecule has 0 radical (unpaired) electrons. The van der Waals surface area contributed by atoms with Gasteiger partial charge in [0.25, 0.3) is 0 Å². The largest absolute Gasteiger partial charge is 0.489 e. The fourth-order valence-electron chi connectivity index (χ4n) is 2.30. The van der Waals surface area contributed by atoms with Gasteiger partial charge in [0.15, 0.2) is 0 Å². The van der Waals surface area contributed by atoms with E-state index < -0.39 is 0 Å². The molecule has 0 atom stereocenters. The molecule has 0 aliphatic heterocycles. The normalized spacial score (nSPS) is 10.2. The predicted molar refractivity (Wildman–Crippen MR) is 88.0 cm³/mol. The van der Waals surface area contributed by atoms with Crippen LogP contribution in [-0.2, 0) is 6.61 Å². The molecule has 0 saturated heterocycles. The van der Waals surface area contributed by atoms with Crippen molar-refractivity contribution in [1.82, 2.24) is 0 Å². The van der Waals surface area contributed by atoms with Crippen LogP contribution >= 0.6 is 0 Å². The molecule has 0 heterocycles. The standard InChI is InChI=1S/C20H16O2/c21-14-16-5-4-6-17(13-16)15-22-20-11-9-19(10-12-20)18-7-2-1-3-8-18/h1-14H,15H2. The first kappa shape index (κ1) is 14.1. The smallest absolute Gasteiger partial charge is 0.150 e. The zero-order valence-corrected chi connectivity index (χ0v) is 12.1. The average Bonchev–Trinajstić information content (AvgIpc) is 2.61. The van der Waals surface area contributed by atoms with Crippen molar-refractivity contribution in [3.8, 4) is 16.9 Å². The molecule has 3 aromatic carbocycles. The van der Waals surface area contributed by atoms with Crippen molar-refractivity contribution < 1.29 is 9.53 Å². The van der Waals surface area contributed by atoms with E-state index in [4.69, 9.17) is 4.74 Å². The Hall–Kier alpha value is -2.87. The number of rotatable bonds is 5. The number of aldehydes is 1. The van der Waals surface area contributed by atoms with Crippen molar-refractivity contribution in [2.24, 2.45) is 0 Å². The average molecular weight is 288 g/mol. The topological polar surface area (TPSA) is 26.3 Å². The molecule has 22 heavy (non-hydrogen) atoms. The Labute approximate surface area is 130 Å². The van der Waals surface area contributed by atoms with Crippen LogP contribution in [0.4, 0.5) is 0 Å². The van der Waals surface area contributed by atoms with Gasteiger partial charge in [-0.15, -0.1) is 0 Å². The number of carbonyl (C=O) groups is 1. The highest BCUT2D eigenvalue weighted by molar-refractivity contribution is 5.74. The van der Waals surface area contributed by atoms with Gasteiger partial charge in [0.05, 0.1) is 0 Å². The van der Waals surface area contributed by atoms with E-state index in [1.54, 1.807) is 6.07 Å². The molecule has 0 unspecified atom stereocenters. The fraction of sp³-hybridized carbons (Fsp3) is 0.0500. The summed E-state index contributed by atoms with van der Waals surface area (Å²) in [4.78, 5) is 10.8. The lowest BCUT2D eigenvalue weighted by Crippen LogP contribution is -1.96. The first-order chi connectivity index (χ1) is 10.8. The Balaban J connectivity index is 1.67. The van der Waals surface area contributed by atoms with Crippen molar-refractivity contribution in [2.45, 2.75) is 6.61 Å². The molecule has 0 aliphatic carbocycles. The second-order valence-electron chi connectivity index (χ2n) is 5.04. The maximum Gasteiger partial charge on any atom is 0.150 e. The second kappa shape index (κ2) is 6.72. The molecule has 0 saturated carbocycles. The number of hydrogen-bond donors (Lipinski definition) is 0. The first-order valence-corrected chi connectivity index (χ1v) is 7.17. The van der Waals surface area contributed by atoms with Gasteiger partial charge in [-0.25, -0.2) is 0 Å². The summed E-state index contributed by atoms with van der Waals surface area (Å²) < 4.78 is 5.77. The highest BCUT2D eigenvalue weighted by atomic mass is 16.5. The zero-order chi connectivity index (χ0) is 15.2. The summed E-state index contributed by atoms with van der Waals surface area (Å²) in [5, 5.41) is 0. The summed E-state index contributed by atoms with van der Waals surface area (Å²) in [6, 6.07) is 25.7. The van der Waals surface area contributed by atoms with Crippen LogP contribution in [0.15, 0.2) is 78.9 Å². The highest BCUT2D eigenvalue weighted by Crippen LogP contribution is 2.22. The molecule has 2 heteroatoms. The molecule has 108 valence electrons. The zero-order valence-electron chi connectivity index (χ0n) is 12.1. The number of carbonyl (C=O) groups excluding carboxylic acids is 1. The number of hydrogen-bond acceptors (Lipinski definition) is 2. The minimum Gasteiger partial charge on any atom is -0.489 e. The molecule has 0 spiro atoms. The van der Waals surface area contributed by atoms with Crippen molar-refractivity contribution in [1.29, 1.82) is 0 Å². The van der Waals surface area contributed by atoms with Crippen LogP contribution in [0.3, 0.4) is 0 Å². The van der Waals surface area contributed by atoms with Crippen molar-refractivity contribution >= 4 is 6.29 Å². The van der Waals surface area contributed by atoms with E-state index in [2.05, 4.69) is 12.1 Å². The Morgan fingerprint density at radius 2 is 1.50 bits per heavy atom. The summed E-state index contributed by atoms with van der Waals surface area (Å²) >= 11 is 0. The molecule has 0 N–H and O–H groups in total. The molecule has 0 aliphatic rings. The van der Waals surface area contributed by atoms with Crippen molar-refractivity contribution in [3.63, 3.8) is 0 Å². The maximum atomic E-state index is 10.8. The maximum absolute atomic E-state index is 10.8. The van der Waals surface area contributed by atoms with E-state index in [0.29, 0.717) is 12.2 Å². The van der Waals surface area contributed by atoms with Crippen LogP contribution in [0.2, 0.25) is 0 Å². The molecule has 0 bridgehead atoms. The second-order valence-corrected chi connectivity index (χ2v) is 5.04. The van der Waals surface area contributed by atoms with E-state index in [0.717, 1.165) is 23.2 Å². The summed E-state index contributed by atoms with van der Waals surface area (Å²) in [6.07, 6.45) is 0.845. The van der Waals surface area contributed by atoms with Crippen LogP contribution < -0.4 is 4.74 Å². The molecular formula is C20H16O2. The third-order valence-electron chi connectivity index (χ3n) is 3.45. The Morgan fingerprint density at radius 3 is 2.23 bits per heavy atom. The van der Waals surface area contributed by atoms with Crippen LogP contribution in [0.5, 0.6) is 5.75 Å². The van der Waals surface area contributed by atoms with Gasteiger partial charge in [0, 0.05) is 5.56 Å². The van der Waals surface area contributed by atoms with Crippen LogP contribution in [0.1, 0.15) is 15.9 Å². The first-order valence-electron chi connectivity index (χ1n) is 7.17. The molecule has 0 fully saturated rings. The van der Waals surface area contributed by atoms with Crippen LogP contribution in [0.25, 0.3) is 11.1 Å². The Kier molecular flexibility index (Phi) is 4.30. The lowest BCUT2D eigenvalue weighted by atomic mass is 10.1. The quantitative estimate of drug-likeness (QED) is 0.634. The minimum absolute atomic E-state index is 0.451. The molecule has 0 amide bonds. The summed E-state index contributed by atoms with van der Waals surface area (Å²) in [7, 11) is 0. The van der Waals surface area contributed by atoms with Crippen molar-refractivity contribution in [3.05, 3.63) is 90.0 Å². The van der Waals surface area contributed by atoms with E-state index in [-0.39, 0.29) is 0 Å². The lowest BCUT2D eigenvalue weighted by Gasteiger charge is -2.08. The van der Waals surface area contributed by atoms with Gasteiger partial charge in [-0.2, -0.15) is 0 Å². The molecule has 0 aromatic heterocycles. The van der Waals surface area contributed by atoms with Gasteiger partial charge in [-0.05, 0) is 34.9 Å². The van der Waals surface area contributed by atoms with E-state index >= 15 is 0 Å². The van der Waals surface area contributed by atoms with Gasteiger partial charge >= 0.3 is 0 Å².